The number of nitrogens with one attached hydrogen (secondary N) is 1. The highest BCUT2D eigenvalue weighted by Crippen LogP contribution is 2.37. The van der Waals surface area contributed by atoms with Gasteiger partial charge in [0.05, 0.1) is 8.93 Å². The predicted molar refractivity (Wildman–Crippen MR) is 93.9 cm³/mol. The summed E-state index contributed by atoms with van der Waals surface area (Å²) in [5, 5.41) is 5.91. The number of hydrogen-bond donors (Lipinski definition) is 1. The molecule has 1 N–H and O–H groups in total. The van der Waals surface area contributed by atoms with Gasteiger partial charge >= 0.3 is 0 Å². The van der Waals surface area contributed by atoms with E-state index in [1.165, 1.54) is 22.7 Å². The van der Waals surface area contributed by atoms with E-state index in [0.717, 1.165) is 13.0 Å². The van der Waals surface area contributed by atoms with Crippen LogP contribution in [0.25, 0.3) is 0 Å². The minimum Gasteiger partial charge on any atom is -0.306 e. The molecule has 0 saturated carbocycles. The van der Waals surface area contributed by atoms with Gasteiger partial charge in [0.15, 0.2) is 0 Å². The molecule has 18 heavy (non-hydrogen) atoms. The first-order chi connectivity index (χ1) is 8.61. The van der Waals surface area contributed by atoms with Crippen molar-refractivity contribution in [3.8, 4) is 0 Å². The van der Waals surface area contributed by atoms with Crippen LogP contribution in [-0.4, -0.2) is 6.54 Å². The van der Waals surface area contributed by atoms with E-state index in [1.54, 1.807) is 0 Å². The molecular formula is C13H15BrINS2. The summed E-state index contributed by atoms with van der Waals surface area (Å²) in [5.41, 5.74) is 1.38. The van der Waals surface area contributed by atoms with Crippen LogP contribution in [0.1, 0.15) is 34.7 Å². The van der Waals surface area contributed by atoms with Crippen molar-refractivity contribution in [3.63, 3.8) is 0 Å². The van der Waals surface area contributed by atoms with E-state index >= 15 is 0 Å². The SMILES string of the molecule is CCCNC(c1csc(I)c1)c1sc(C)cc1Br. The van der Waals surface area contributed by atoms with Crippen LogP contribution in [-0.2, 0) is 0 Å². The molecule has 0 radical (unpaired) electrons. The van der Waals surface area contributed by atoms with Crippen LogP contribution in [0.4, 0.5) is 0 Å². The van der Waals surface area contributed by atoms with Crippen molar-refractivity contribution < 1.29 is 0 Å². The summed E-state index contributed by atoms with van der Waals surface area (Å²) in [6, 6.07) is 4.80. The van der Waals surface area contributed by atoms with Crippen molar-refractivity contribution in [1.29, 1.82) is 0 Å². The maximum Gasteiger partial charge on any atom is 0.0691 e. The van der Waals surface area contributed by atoms with Gasteiger partial charge in [0.25, 0.3) is 0 Å². The van der Waals surface area contributed by atoms with Crippen LogP contribution >= 0.6 is 61.2 Å². The first-order valence-electron chi connectivity index (χ1n) is 5.85. The maximum absolute atomic E-state index is 3.69. The van der Waals surface area contributed by atoms with Gasteiger partial charge in [-0.05, 0) is 81.5 Å². The predicted octanol–water partition coefficient (Wildman–Crippen LogP) is 5.57. The summed E-state index contributed by atoms with van der Waals surface area (Å²) in [7, 11) is 0. The molecule has 2 aromatic heterocycles. The number of halogens is 2. The molecule has 0 aliphatic rings. The molecule has 98 valence electrons. The van der Waals surface area contributed by atoms with Gasteiger partial charge < -0.3 is 5.32 Å². The monoisotopic (exact) mass is 455 g/mol. The van der Waals surface area contributed by atoms with E-state index in [2.05, 4.69) is 75.2 Å². The number of rotatable bonds is 5. The van der Waals surface area contributed by atoms with Crippen molar-refractivity contribution in [2.24, 2.45) is 0 Å². The molecule has 0 aromatic carbocycles. The van der Waals surface area contributed by atoms with Crippen LogP contribution in [0.5, 0.6) is 0 Å². The maximum atomic E-state index is 3.69. The normalized spacial score (nSPS) is 12.9. The lowest BCUT2D eigenvalue weighted by atomic mass is 10.1. The van der Waals surface area contributed by atoms with Gasteiger partial charge in [0, 0.05) is 14.2 Å². The van der Waals surface area contributed by atoms with Crippen LogP contribution in [0, 0.1) is 9.81 Å². The van der Waals surface area contributed by atoms with Gasteiger partial charge in [-0.1, -0.05) is 6.92 Å². The molecule has 0 aliphatic heterocycles. The first-order valence-corrected chi connectivity index (χ1v) is 9.41. The number of hydrogen-bond acceptors (Lipinski definition) is 3. The number of thiophene rings is 2. The average Bonchev–Trinajstić information content (AvgIpc) is 2.87. The molecular weight excluding hydrogens is 441 g/mol. The Morgan fingerprint density at radius 3 is 2.72 bits per heavy atom. The minimum absolute atomic E-state index is 0.317. The molecule has 5 heteroatoms. The fourth-order valence-electron chi connectivity index (χ4n) is 1.82. The van der Waals surface area contributed by atoms with Crippen LogP contribution in [0.15, 0.2) is 22.0 Å². The minimum atomic E-state index is 0.317. The lowest BCUT2D eigenvalue weighted by Crippen LogP contribution is -2.22. The molecule has 1 atom stereocenters. The summed E-state index contributed by atoms with van der Waals surface area (Å²) in [5.74, 6) is 0. The fourth-order valence-corrected chi connectivity index (χ4v) is 5.21. The quantitative estimate of drug-likeness (QED) is 0.580. The summed E-state index contributed by atoms with van der Waals surface area (Å²) >= 11 is 9.75. The highest BCUT2D eigenvalue weighted by Gasteiger charge is 2.19. The van der Waals surface area contributed by atoms with E-state index in [0.29, 0.717) is 6.04 Å². The van der Waals surface area contributed by atoms with Crippen LogP contribution in [0.2, 0.25) is 0 Å². The Bertz CT molecular complexity index is 521. The molecule has 2 heterocycles. The third-order valence-electron chi connectivity index (χ3n) is 2.62. The smallest absolute Gasteiger partial charge is 0.0691 e. The molecule has 0 spiro atoms. The Morgan fingerprint density at radius 2 is 2.22 bits per heavy atom. The molecule has 1 nitrogen and oxygen atoms in total. The van der Waals surface area contributed by atoms with Crippen molar-refractivity contribution >= 4 is 61.2 Å². The van der Waals surface area contributed by atoms with Crippen molar-refractivity contribution in [1.82, 2.24) is 5.32 Å². The van der Waals surface area contributed by atoms with Gasteiger partial charge in [0.2, 0.25) is 0 Å². The lowest BCUT2D eigenvalue weighted by molar-refractivity contribution is 0.606. The van der Waals surface area contributed by atoms with Gasteiger partial charge in [-0.15, -0.1) is 22.7 Å². The van der Waals surface area contributed by atoms with Gasteiger partial charge in [-0.25, -0.2) is 0 Å². The zero-order chi connectivity index (χ0) is 13.1. The zero-order valence-corrected chi connectivity index (χ0v) is 15.7. The van der Waals surface area contributed by atoms with Gasteiger partial charge in [-0.2, -0.15) is 0 Å². The van der Waals surface area contributed by atoms with Crippen molar-refractivity contribution in [2.75, 3.05) is 6.54 Å². The lowest BCUT2D eigenvalue weighted by Gasteiger charge is -2.16. The Balaban J connectivity index is 2.33. The molecule has 0 fully saturated rings. The standard InChI is InChI=1S/C13H15BrINS2/c1-3-4-16-12(9-6-11(15)17-7-9)13-10(14)5-8(2)18-13/h5-7,12,16H,3-4H2,1-2H3. The Labute approximate surface area is 138 Å². The zero-order valence-electron chi connectivity index (χ0n) is 10.3. The summed E-state index contributed by atoms with van der Waals surface area (Å²) in [6.07, 6.45) is 1.15. The van der Waals surface area contributed by atoms with Crippen LogP contribution < -0.4 is 5.32 Å². The molecule has 2 aromatic rings. The molecule has 0 saturated heterocycles. The average molecular weight is 456 g/mol. The Hall–Kier alpha value is 0.570. The molecule has 2 rings (SSSR count). The second-order valence-electron chi connectivity index (χ2n) is 4.14. The third-order valence-corrected chi connectivity index (χ3v) is 6.46. The first kappa shape index (κ1) is 15.0. The summed E-state index contributed by atoms with van der Waals surface area (Å²) < 4.78 is 2.56. The second kappa shape index (κ2) is 6.83. The Morgan fingerprint density at radius 1 is 1.44 bits per heavy atom. The van der Waals surface area contributed by atoms with E-state index in [4.69, 9.17) is 0 Å². The molecule has 0 aliphatic carbocycles. The van der Waals surface area contributed by atoms with Crippen LogP contribution in [0.3, 0.4) is 0 Å². The van der Waals surface area contributed by atoms with Crippen molar-refractivity contribution in [3.05, 3.63) is 40.2 Å². The topological polar surface area (TPSA) is 12.0 Å². The Kier molecular flexibility index (Phi) is 5.68. The van der Waals surface area contributed by atoms with Gasteiger partial charge in [-0.3, -0.25) is 0 Å². The highest BCUT2D eigenvalue weighted by molar-refractivity contribution is 14.1. The van der Waals surface area contributed by atoms with E-state index < -0.39 is 0 Å². The second-order valence-corrected chi connectivity index (χ2v) is 9.09. The van der Waals surface area contributed by atoms with Crippen molar-refractivity contribution in [2.45, 2.75) is 26.3 Å². The van der Waals surface area contributed by atoms with E-state index in [1.807, 2.05) is 22.7 Å². The molecule has 0 bridgehead atoms. The van der Waals surface area contributed by atoms with Gasteiger partial charge in [0.1, 0.15) is 0 Å². The molecule has 0 amide bonds. The summed E-state index contributed by atoms with van der Waals surface area (Å²) in [4.78, 5) is 2.74. The largest absolute Gasteiger partial charge is 0.306 e. The van der Waals surface area contributed by atoms with E-state index in [-0.39, 0.29) is 0 Å². The number of aryl methyl sites for hydroxylation is 1. The molecule has 1 unspecified atom stereocenters. The highest BCUT2D eigenvalue weighted by atomic mass is 127. The fraction of sp³-hybridized carbons (Fsp3) is 0.385. The summed E-state index contributed by atoms with van der Waals surface area (Å²) in [6.45, 7) is 5.41. The third kappa shape index (κ3) is 3.56. The van der Waals surface area contributed by atoms with E-state index in [9.17, 15) is 0 Å².